The second kappa shape index (κ2) is 5.09. The average Bonchev–Trinajstić information content (AvgIpc) is 2.92. The Kier molecular flexibility index (Phi) is 3.33. The Hall–Kier alpha value is -2.70. The van der Waals surface area contributed by atoms with Gasteiger partial charge in [-0.15, -0.1) is 0 Å². The molecule has 7 heteroatoms. The van der Waals surface area contributed by atoms with Crippen LogP contribution < -0.4 is 5.32 Å². The summed E-state index contributed by atoms with van der Waals surface area (Å²) in [6.45, 7) is 0. The highest BCUT2D eigenvalue weighted by Gasteiger charge is 2.09. The SMILES string of the molecule is COC(=O)c1ccc(NC(=O)c2ccn[nH]2)nc1. The largest absolute Gasteiger partial charge is 0.465 e. The molecule has 0 saturated carbocycles. The molecule has 0 saturated heterocycles. The molecular weight excluding hydrogens is 236 g/mol. The van der Waals surface area contributed by atoms with Crippen LogP contribution in [-0.2, 0) is 4.74 Å². The molecule has 1 amide bonds. The van der Waals surface area contributed by atoms with Gasteiger partial charge in [0.2, 0.25) is 0 Å². The fourth-order valence-corrected chi connectivity index (χ4v) is 1.27. The van der Waals surface area contributed by atoms with Gasteiger partial charge < -0.3 is 10.1 Å². The van der Waals surface area contributed by atoms with Gasteiger partial charge >= 0.3 is 5.97 Å². The maximum atomic E-state index is 11.6. The second-order valence-corrected chi connectivity index (χ2v) is 3.35. The van der Waals surface area contributed by atoms with Gasteiger partial charge in [-0.1, -0.05) is 0 Å². The van der Waals surface area contributed by atoms with Crippen molar-refractivity contribution >= 4 is 17.7 Å². The molecule has 0 aliphatic carbocycles. The Morgan fingerprint density at radius 1 is 1.33 bits per heavy atom. The number of nitrogens with one attached hydrogen (secondary N) is 2. The van der Waals surface area contributed by atoms with E-state index in [4.69, 9.17) is 0 Å². The van der Waals surface area contributed by atoms with Crippen molar-refractivity contribution in [3.05, 3.63) is 41.9 Å². The molecule has 0 aromatic carbocycles. The second-order valence-electron chi connectivity index (χ2n) is 3.35. The van der Waals surface area contributed by atoms with E-state index in [-0.39, 0.29) is 5.91 Å². The quantitative estimate of drug-likeness (QED) is 0.782. The van der Waals surface area contributed by atoms with Crippen molar-refractivity contribution in [2.45, 2.75) is 0 Å². The molecule has 0 unspecified atom stereocenters. The van der Waals surface area contributed by atoms with Crippen molar-refractivity contribution in [1.82, 2.24) is 15.2 Å². The van der Waals surface area contributed by atoms with Crippen molar-refractivity contribution in [2.75, 3.05) is 12.4 Å². The minimum atomic E-state index is -0.478. The van der Waals surface area contributed by atoms with Crippen LogP contribution in [0.25, 0.3) is 0 Å². The highest BCUT2D eigenvalue weighted by atomic mass is 16.5. The Morgan fingerprint density at radius 2 is 2.17 bits per heavy atom. The molecule has 0 aliphatic heterocycles. The molecule has 18 heavy (non-hydrogen) atoms. The number of aromatic amines is 1. The van der Waals surface area contributed by atoms with Crippen molar-refractivity contribution in [3.8, 4) is 0 Å². The predicted molar refractivity (Wildman–Crippen MR) is 62.1 cm³/mol. The molecule has 0 atom stereocenters. The number of aromatic nitrogens is 3. The van der Waals surface area contributed by atoms with E-state index in [2.05, 4.69) is 25.2 Å². The van der Waals surface area contributed by atoms with Gasteiger partial charge in [-0.3, -0.25) is 9.89 Å². The summed E-state index contributed by atoms with van der Waals surface area (Å²) < 4.78 is 4.54. The van der Waals surface area contributed by atoms with E-state index >= 15 is 0 Å². The van der Waals surface area contributed by atoms with Crippen LogP contribution in [0, 0.1) is 0 Å². The summed E-state index contributed by atoms with van der Waals surface area (Å²) in [5.41, 5.74) is 0.644. The number of hydrogen-bond acceptors (Lipinski definition) is 5. The molecule has 2 rings (SSSR count). The van der Waals surface area contributed by atoms with E-state index in [1.54, 1.807) is 0 Å². The van der Waals surface area contributed by atoms with E-state index in [0.717, 1.165) is 0 Å². The molecule has 0 spiro atoms. The molecule has 7 nitrogen and oxygen atoms in total. The molecule has 2 aromatic heterocycles. The van der Waals surface area contributed by atoms with Gasteiger partial charge in [-0.05, 0) is 18.2 Å². The number of rotatable bonds is 3. The monoisotopic (exact) mass is 246 g/mol. The molecule has 92 valence electrons. The highest BCUT2D eigenvalue weighted by Crippen LogP contribution is 2.07. The average molecular weight is 246 g/mol. The Labute approximate surface area is 102 Å². The number of H-pyrrole nitrogens is 1. The van der Waals surface area contributed by atoms with Gasteiger partial charge in [0.15, 0.2) is 0 Å². The molecule has 0 fully saturated rings. The fourth-order valence-electron chi connectivity index (χ4n) is 1.27. The van der Waals surface area contributed by atoms with Crippen molar-refractivity contribution < 1.29 is 14.3 Å². The van der Waals surface area contributed by atoms with E-state index in [1.165, 1.54) is 37.7 Å². The van der Waals surface area contributed by atoms with Crippen LogP contribution in [0.5, 0.6) is 0 Å². The van der Waals surface area contributed by atoms with Crippen LogP contribution in [-0.4, -0.2) is 34.2 Å². The number of nitrogens with zero attached hydrogens (tertiary/aromatic N) is 2. The zero-order valence-corrected chi connectivity index (χ0v) is 9.51. The summed E-state index contributed by atoms with van der Waals surface area (Å²) in [6, 6.07) is 4.57. The minimum Gasteiger partial charge on any atom is -0.465 e. The van der Waals surface area contributed by atoms with Crippen molar-refractivity contribution in [1.29, 1.82) is 0 Å². The van der Waals surface area contributed by atoms with Crippen molar-refractivity contribution in [3.63, 3.8) is 0 Å². The summed E-state index contributed by atoms with van der Waals surface area (Å²) in [4.78, 5) is 26.7. The minimum absolute atomic E-state index is 0.317. The molecule has 2 N–H and O–H groups in total. The predicted octanol–water partition coefficient (Wildman–Crippen LogP) is 0.844. The standard InChI is InChI=1S/C11H10N4O3/c1-18-11(17)7-2-3-9(12-6-7)14-10(16)8-4-5-13-15-8/h2-6H,1H3,(H,13,15)(H,12,14,16). The number of carbonyl (C=O) groups excluding carboxylic acids is 2. The van der Waals surface area contributed by atoms with E-state index in [0.29, 0.717) is 17.1 Å². The summed E-state index contributed by atoms with van der Waals surface area (Å²) in [5.74, 6) is -0.498. The first-order valence-electron chi connectivity index (χ1n) is 5.06. The summed E-state index contributed by atoms with van der Waals surface area (Å²) in [6.07, 6.45) is 2.80. The number of anilines is 1. The van der Waals surface area contributed by atoms with E-state index in [9.17, 15) is 9.59 Å². The maximum Gasteiger partial charge on any atom is 0.339 e. The number of hydrogen-bond donors (Lipinski definition) is 2. The smallest absolute Gasteiger partial charge is 0.339 e. The molecule has 0 radical (unpaired) electrons. The summed E-state index contributed by atoms with van der Waals surface area (Å²) in [7, 11) is 1.29. The summed E-state index contributed by atoms with van der Waals surface area (Å²) in [5, 5.41) is 8.75. The number of amides is 1. The number of ether oxygens (including phenoxy) is 1. The van der Waals surface area contributed by atoms with Gasteiger partial charge in [0.1, 0.15) is 11.5 Å². The molecule has 0 aliphatic rings. The molecule has 0 bridgehead atoms. The van der Waals surface area contributed by atoms with Gasteiger partial charge in [-0.2, -0.15) is 5.10 Å². The van der Waals surface area contributed by atoms with Crippen molar-refractivity contribution in [2.24, 2.45) is 0 Å². The van der Waals surface area contributed by atoms with Crippen LogP contribution in [0.3, 0.4) is 0 Å². The lowest BCUT2D eigenvalue weighted by atomic mass is 10.3. The third kappa shape index (κ3) is 2.51. The van der Waals surface area contributed by atoms with Gasteiger partial charge in [0, 0.05) is 12.4 Å². The maximum absolute atomic E-state index is 11.6. The first-order chi connectivity index (χ1) is 8.70. The fraction of sp³-hybridized carbons (Fsp3) is 0.0909. The number of carbonyl (C=O) groups is 2. The molecule has 2 heterocycles. The van der Waals surface area contributed by atoms with Crippen LogP contribution >= 0.6 is 0 Å². The first kappa shape index (κ1) is 11.8. The van der Waals surface area contributed by atoms with Crippen LogP contribution in [0.1, 0.15) is 20.8 Å². The normalized spacial score (nSPS) is 9.83. The van der Waals surface area contributed by atoms with Crippen LogP contribution in [0.4, 0.5) is 5.82 Å². The highest BCUT2D eigenvalue weighted by molar-refractivity contribution is 6.02. The number of pyridine rings is 1. The Bertz CT molecular complexity index is 548. The zero-order chi connectivity index (χ0) is 13.0. The van der Waals surface area contributed by atoms with E-state index in [1.807, 2.05) is 0 Å². The van der Waals surface area contributed by atoms with E-state index < -0.39 is 5.97 Å². The first-order valence-corrected chi connectivity index (χ1v) is 5.06. The van der Waals surface area contributed by atoms with Gasteiger partial charge in [0.05, 0.1) is 12.7 Å². The van der Waals surface area contributed by atoms with Gasteiger partial charge in [0.25, 0.3) is 5.91 Å². The Morgan fingerprint density at radius 3 is 2.72 bits per heavy atom. The molecule has 2 aromatic rings. The lowest BCUT2D eigenvalue weighted by Gasteiger charge is -2.03. The number of methoxy groups -OCH3 is 1. The third-order valence-electron chi connectivity index (χ3n) is 2.17. The third-order valence-corrected chi connectivity index (χ3v) is 2.17. The number of esters is 1. The van der Waals surface area contributed by atoms with Crippen LogP contribution in [0.15, 0.2) is 30.6 Å². The lowest BCUT2D eigenvalue weighted by molar-refractivity contribution is 0.0600. The lowest BCUT2D eigenvalue weighted by Crippen LogP contribution is -2.13. The zero-order valence-electron chi connectivity index (χ0n) is 9.51. The Balaban J connectivity index is 2.07. The van der Waals surface area contributed by atoms with Gasteiger partial charge in [-0.25, -0.2) is 9.78 Å². The van der Waals surface area contributed by atoms with Crippen LogP contribution in [0.2, 0.25) is 0 Å². The summed E-state index contributed by atoms with van der Waals surface area (Å²) >= 11 is 0. The topological polar surface area (TPSA) is 97.0 Å². The molecular formula is C11H10N4O3.